The number of likely N-dealkylation sites (tertiary alicyclic amines) is 1. The van der Waals surface area contributed by atoms with E-state index in [0.717, 1.165) is 31.5 Å². The van der Waals surface area contributed by atoms with Crippen molar-refractivity contribution < 1.29 is 9.90 Å². The zero-order chi connectivity index (χ0) is 12.3. The molecule has 0 amide bonds. The predicted octanol–water partition coefficient (Wildman–Crippen LogP) is 2.03. The van der Waals surface area contributed by atoms with Crippen molar-refractivity contribution in [1.29, 1.82) is 0 Å². The lowest BCUT2D eigenvalue weighted by Gasteiger charge is -2.30. The van der Waals surface area contributed by atoms with Crippen LogP contribution in [0.15, 0.2) is 18.3 Å². The van der Waals surface area contributed by atoms with Crippen LogP contribution in [-0.2, 0) is 11.3 Å². The summed E-state index contributed by atoms with van der Waals surface area (Å²) in [6, 6.07) is 3.69. The Bertz CT molecular complexity index is 394. The van der Waals surface area contributed by atoms with Crippen LogP contribution in [0.25, 0.3) is 0 Å². The van der Waals surface area contributed by atoms with Crippen LogP contribution in [0.5, 0.6) is 0 Å². The third kappa shape index (κ3) is 3.41. The Balaban J connectivity index is 1.94. The number of aromatic nitrogens is 1. The number of nitrogens with zero attached hydrogens (tertiary/aromatic N) is 2. The molecule has 2 heterocycles. The topological polar surface area (TPSA) is 53.4 Å². The van der Waals surface area contributed by atoms with Gasteiger partial charge in [-0.2, -0.15) is 0 Å². The maximum absolute atomic E-state index is 10.9. The van der Waals surface area contributed by atoms with Gasteiger partial charge in [-0.15, -0.1) is 0 Å². The van der Waals surface area contributed by atoms with Gasteiger partial charge in [0.15, 0.2) is 0 Å². The number of halogens is 1. The molecule has 1 N–H and O–H groups in total. The second-order valence-corrected chi connectivity index (χ2v) is 4.79. The number of aliphatic carboxylic acids is 1. The van der Waals surface area contributed by atoms with Crippen LogP contribution in [-0.4, -0.2) is 34.0 Å². The van der Waals surface area contributed by atoms with Gasteiger partial charge in [0.2, 0.25) is 0 Å². The first-order valence-electron chi connectivity index (χ1n) is 5.71. The molecule has 4 nitrogen and oxygen atoms in total. The van der Waals surface area contributed by atoms with Crippen LogP contribution in [0, 0.1) is 5.92 Å². The Morgan fingerprint density at radius 3 is 3.06 bits per heavy atom. The van der Waals surface area contributed by atoms with Gasteiger partial charge in [-0.3, -0.25) is 9.69 Å². The molecular formula is C12H15ClN2O2. The van der Waals surface area contributed by atoms with E-state index >= 15 is 0 Å². The van der Waals surface area contributed by atoms with Crippen LogP contribution < -0.4 is 0 Å². The third-order valence-electron chi connectivity index (χ3n) is 3.05. The van der Waals surface area contributed by atoms with Gasteiger partial charge in [-0.1, -0.05) is 17.7 Å². The number of hydrogen-bond acceptors (Lipinski definition) is 3. The minimum atomic E-state index is -0.691. The minimum Gasteiger partial charge on any atom is -0.481 e. The molecule has 1 aliphatic rings. The van der Waals surface area contributed by atoms with Crippen LogP contribution in [0.4, 0.5) is 0 Å². The summed E-state index contributed by atoms with van der Waals surface area (Å²) >= 11 is 5.72. The first-order valence-corrected chi connectivity index (χ1v) is 6.08. The van der Waals surface area contributed by atoms with Gasteiger partial charge in [0.1, 0.15) is 5.15 Å². The highest BCUT2D eigenvalue weighted by Gasteiger charge is 2.25. The Kier molecular flexibility index (Phi) is 3.97. The smallest absolute Gasteiger partial charge is 0.307 e. The van der Waals surface area contributed by atoms with Crippen LogP contribution in [0.2, 0.25) is 5.15 Å². The highest BCUT2D eigenvalue weighted by atomic mass is 35.5. The summed E-state index contributed by atoms with van der Waals surface area (Å²) in [5.41, 5.74) is 1.07. The summed E-state index contributed by atoms with van der Waals surface area (Å²) in [6.45, 7) is 2.32. The van der Waals surface area contributed by atoms with Gasteiger partial charge >= 0.3 is 5.97 Å². The minimum absolute atomic E-state index is 0.232. The molecule has 5 heteroatoms. The summed E-state index contributed by atoms with van der Waals surface area (Å²) in [6.07, 6.45) is 3.47. The third-order valence-corrected chi connectivity index (χ3v) is 3.27. The SMILES string of the molecule is O=C(O)[C@H]1CCCN(Cc2ccc(Cl)nc2)C1. The maximum atomic E-state index is 10.9. The molecule has 0 saturated carbocycles. The van der Waals surface area contributed by atoms with Gasteiger partial charge in [0.05, 0.1) is 5.92 Å². The molecule has 17 heavy (non-hydrogen) atoms. The lowest BCUT2D eigenvalue weighted by Crippen LogP contribution is -2.38. The van der Waals surface area contributed by atoms with E-state index in [1.54, 1.807) is 12.3 Å². The van der Waals surface area contributed by atoms with Crippen LogP contribution >= 0.6 is 11.6 Å². The number of hydrogen-bond donors (Lipinski definition) is 1. The van der Waals surface area contributed by atoms with E-state index in [4.69, 9.17) is 16.7 Å². The number of carboxylic acids is 1. The number of rotatable bonds is 3. The molecular weight excluding hydrogens is 240 g/mol. The summed E-state index contributed by atoms with van der Waals surface area (Å²) < 4.78 is 0. The largest absolute Gasteiger partial charge is 0.481 e. The molecule has 1 atom stereocenters. The molecule has 1 saturated heterocycles. The van der Waals surface area contributed by atoms with Crippen molar-refractivity contribution in [3.05, 3.63) is 29.0 Å². The monoisotopic (exact) mass is 254 g/mol. The number of pyridine rings is 1. The molecule has 1 aliphatic heterocycles. The molecule has 0 bridgehead atoms. The molecule has 1 fully saturated rings. The quantitative estimate of drug-likeness (QED) is 0.839. The number of piperidine rings is 1. The van der Waals surface area contributed by atoms with Crippen molar-refractivity contribution in [3.8, 4) is 0 Å². The van der Waals surface area contributed by atoms with Crippen molar-refractivity contribution in [2.24, 2.45) is 5.92 Å². The van der Waals surface area contributed by atoms with E-state index in [2.05, 4.69) is 9.88 Å². The first kappa shape index (κ1) is 12.3. The fraction of sp³-hybridized carbons (Fsp3) is 0.500. The molecule has 0 unspecified atom stereocenters. The fourth-order valence-electron chi connectivity index (χ4n) is 2.16. The Morgan fingerprint density at radius 1 is 1.59 bits per heavy atom. The molecule has 1 aromatic rings. The standard InChI is InChI=1S/C12H15ClN2O2/c13-11-4-3-9(6-14-11)7-15-5-1-2-10(8-15)12(16)17/h3-4,6,10H,1-2,5,7-8H2,(H,16,17)/t10-/m0/s1. The molecule has 2 rings (SSSR count). The molecule has 1 aromatic heterocycles. The van der Waals surface area contributed by atoms with Crippen LogP contribution in [0.3, 0.4) is 0 Å². The predicted molar refractivity (Wildman–Crippen MR) is 64.9 cm³/mol. The van der Waals surface area contributed by atoms with Crippen LogP contribution in [0.1, 0.15) is 18.4 Å². The zero-order valence-electron chi connectivity index (χ0n) is 9.47. The van der Waals surface area contributed by atoms with Crippen molar-refractivity contribution in [2.75, 3.05) is 13.1 Å². The van der Waals surface area contributed by atoms with E-state index in [1.807, 2.05) is 6.07 Å². The van der Waals surface area contributed by atoms with Gasteiger partial charge in [-0.25, -0.2) is 4.98 Å². The molecule has 0 aliphatic carbocycles. The van der Waals surface area contributed by atoms with Gasteiger partial charge in [0.25, 0.3) is 0 Å². The average molecular weight is 255 g/mol. The second kappa shape index (κ2) is 5.47. The van der Waals surface area contributed by atoms with Crippen molar-refractivity contribution in [2.45, 2.75) is 19.4 Å². The van der Waals surface area contributed by atoms with E-state index in [9.17, 15) is 4.79 Å². The van der Waals surface area contributed by atoms with Gasteiger partial charge in [-0.05, 0) is 31.0 Å². The maximum Gasteiger partial charge on any atom is 0.307 e. The zero-order valence-corrected chi connectivity index (χ0v) is 10.2. The molecule has 92 valence electrons. The van der Waals surface area contributed by atoms with Crippen molar-refractivity contribution in [1.82, 2.24) is 9.88 Å². The second-order valence-electron chi connectivity index (χ2n) is 4.40. The lowest BCUT2D eigenvalue weighted by molar-refractivity contribution is -0.143. The summed E-state index contributed by atoms with van der Waals surface area (Å²) in [7, 11) is 0. The Hall–Kier alpha value is -1.13. The summed E-state index contributed by atoms with van der Waals surface area (Å²) in [4.78, 5) is 17.1. The molecule has 0 spiro atoms. The van der Waals surface area contributed by atoms with E-state index < -0.39 is 5.97 Å². The molecule has 0 aromatic carbocycles. The first-order chi connectivity index (χ1) is 8.15. The van der Waals surface area contributed by atoms with Gasteiger partial charge < -0.3 is 5.11 Å². The van der Waals surface area contributed by atoms with E-state index in [1.165, 1.54) is 0 Å². The summed E-state index contributed by atoms with van der Waals surface area (Å²) in [5, 5.41) is 9.48. The fourth-order valence-corrected chi connectivity index (χ4v) is 2.27. The van der Waals surface area contributed by atoms with E-state index in [0.29, 0.717) is 11.7 Å². The molecule has 0 radical (unpaired) electrons. The Labute approximate surface area is 105 Å². The summed E-state index contributed by atoms with van der Waals surface area (Å²) in [5.74, 6) is -0.923. The highest BCUT2D eigenvalue weighted by Crippen LogP contribution is 2.18. The Morgan fingerprint density at radius 2 is 2.41 bits per heavy atom. The van der Waals surface area contributed by atoms with Gasteiger partial charge in [0, 0.05) is 19.3 Å². The van der Waals surface area contributed by atoms with E-state index in [-0.39, 0.29) is 5.92 Å². The van der Waals surface area contributed by atoms with Crippen molar-refractivity contribution >= 4 is 17.6 Å². The highest BCUT2D eigenvalue weighted by molar-refractivity contribution is 6.29. The van der Waals surface area contributed by atoms with Crippen molar-refractivity contribution in [3.63, 3.8) is 0 Å². The number of carboxylic acid groups (broad SMARTS) is 1. The lowest BCUT2D eigenvalue weighted by atomic mass is 9.98. The number of carbonyl (C=O) groups is 1. The normalized spacial score (nSPS) is 21.4. The average Bonchev–Trinajstić information content (AvgIpc) is 2.32.